The second-order valence-electron chi connectivity index (χ2n) is 8.12. The molecule has 0 radical (unpaired) electrons. The molecule has 1 unspecified atom stereocenters. The molecule has 9 nitrogen and oxygen atoms in total. The molecule has 2 aromatic carbocycles. The number of benzene rings is 2. The summed E-state index contributed by atoms with van der Waals surface area (Å²) in [5.74, 6) is -0.108. The van der Waals surface area contributed by atoms with Gasteiger partial charge in [-0.3, -0.25) is 0 Å². The van der Waals surface area contributed by atoms with Crippen molar-refractivity contribution in [2.45, 2.75) is 45.4 Å². The van der Waals surface area contributed by atoms with Crippen LogP contribution in [0.3, 0.4) is 0 Å². The van der Waals surface area contributed by atoms with Gasteiger partial charge in [0, 0.05) is 13.5 Å². The Balaban J connectivity index is 2.24. The Kier molecular flexibility index (Phi) is 9.08. The summed E-state index contributed by atoms with van der Waals surface area (Å²) in [6, 6.07) is 13.4. The molecule has 0 heterocycles. The van der Waals surface area contributed by atoms with Gasteiger partial charge in [0.25, 0.3) is 0 Å². The van der Waals surface area contributed by atoms with Gasteiger partial charge in [0.2, 0.25) is 0 Å². The van der Waals surface area contributed by atoms with Gasteiger partial charge < -0.3 is 29.6 Å². The minimum atomic E-state index is -0.988. The SMILES string of the molecule is CNC(=O)Oc1ccc(CC(NC(=O)OC(C)(C)C)C(=O)OC)cc1OCc1ccccc1. The zero-order chi connectivity index (χ0) is 24.4. The molecule has 0 aliphatic rings. The van der Waals surface area contributed by atoms with Gasteiger partial charge >= 0.3 is 18.2 Å². The first kappa shape index (κ1) is 25.5. The summed E-state index contributed by atoms with van der Waals surface area (Å²) in [6.07, 6.45) is -1.28. The minimum absolute atomic E-state index is 0.105. The third-order valence-corrected chi connectivity index (χ3v) is 4.27. The Morgan fingerprint density at radius 2 is 1.64 bits per heavy atom. The van der Waals surface area contributed by atoms with Crippen molar-refractivity contribution in [3.05, 3.63) is 59.7 Å². The number of ether oxygens (including phenoxy) is 4. The Hall–Kier alpha value is -3.75. The molecule has 2 N–H and O–H groups in total. The second-order valence-corrected chi connectivity index (χ2v) is 8.12. The normalized spacial score (nSPS) is 11.7. The van der Waals surface area contributed by atoms with E-state index < -0.39 is 29.8 Å². The topological polar surface area (TPSA) is 112 Å². The maximum absolute atomic E-state index is 12.3. The van der Waals surface area contributed by atoms with Crippen LogP contribution in [0.2, 0.25) is 0 Å². The number of amides is 2. The fourth-order valence-electron chi connectivity index (χ4n) is 2.78. The van der Waals surface area contributed by atoms with Crippen molar-refractivity contribution in [3.8, 4) is 11.5 Å². The third-order valence-electron chi connectivity index (χ3n) is 4.27. The molecule has 178 valence electrons. The van der Waals surface area contributed by atoms with Crippen molar-refractivity contribution in [2.75, 3.05) is 14.2 Å². The molecule has 0 saturated carbocycles. The average Bonchev–Trinajstić information content (AvgIpc) is 2.77. The molecule has 2 amide bonds. The maximum atomic E-state index is 12.3. The highest BCUT2D eigenvalue weighted by Crippen LogP contribution is 2.30. The van der Waals surface area contributed by atoms with Crippen molar-refractivity contribution < 1.29 is 33.3 Å². The van der Waals surface area contributed by atoms with Crippen LogP contribution < -0.4 is 20.1 Å². The number of hydrogen-bond donors (Lipinski definition) is 2. The van der Waals surface area contributed by atoms with Gasteiger partial charge in [-0.2, -0.15) is 0 Å². The number of rotatable bonds is 8. The first-order valence-electron chi connectivity index (χ1n) is 10.4. The number of methoxy groups -OCH3 is 1. The lowest BCUT2D eigenvalue weighted by molar-refractivity contribution is -0.143. The molecule has 0 aliphatic carbocycles. The molecule has 0 spiro atoms. The molecule has 2 aromatic rings. The van der Waals surface area contributed by atoms with E-state index >= 15 is 0 Å². The van der Waals surface area contributed by atoms with Gasteiger partial charge in [-0.1, -0.05) is 36.4 Å². The van der Waals surface area contributed by atoms with E-state index in [1.807, 2.05) is 30.3 Å². The highest BCUT2D eigenvalue weighted by Gasteiger charge is 2.26. The molecule has 2 rings (SSSR count). The van der Waals surface area contributed by atoms with Crippen LogP contribution in [0.1, 0.15) is 31.9 Å². The van der Waals surface area contributed by atoms with E-state index in [0.717, 1.165) is 5.56 Å². The summed E-state index contributed by atoms with van der Waals surface area (Å²) in [5.41, 5.74) is 0.851. The van der Waals surface area contributed by atoms with E-state index in [2.05, 4.69) is 10.6 Å². The fraction of sp³-hybridized carbons (Fsp3) is 0.375. The average molecular weight is 459 g/mol. The van der Waals surface area contributed by atoms with Crippen molar-refractivity contribution in [1.29, 1.82) is 0 Å². The van der Waals surface area contributed by atoms with E-state index in [1.165, 1.54) is 14.2 Å². The lowest BCUT2D eigenvalue weighted by Crippen LogP contribution is -2.45. The lowest BCUT2D eigenvalue weighted by Gasteiger charge is -2.23. The van der Waals surface area contributed by atoms with E-state index in [9.17, 15) is 14.4 Å². The van der Waals surface area contributed by atoms with Crippen molar-refractivity contribution >= 4 is 18.2 Å². The molecular formula is C24H30N2O7. The van der Waals surface area contributed by atoms with Crippen LogP contribution in [0.15, 0.2) is 48.5 Å². The van der Waals surface area contributed by atoms with Crippen LogP contribution in [0.25, 0.3) is 0 Å². The highest BCUT2D eigenvalue weighted by atomic mass is 16.6. The minimum Gasteiger partial charge on any atom is -0.485 e. The lowest BCUT2D eigenvalue weighted by atomic mass is 10.1. The molecule has 0 fully saturated rings. The fourth-order valence-corrected chi connectivity index (χ4v) is 2.78. The maximum Gasteiger partial charge on any atom is 0.412 e. The second kappa shape index (κ2) is 11.8. The highest BCUT2D eigenvalue weighted by molar-refractivity contribution is 5.81. The Morgan fingerprint density at radius 3 is 2.24 bits per heavy atom. The predicted octanol–water partition coefficient (Wildman–Crippen LogP) is 3.59. The first-order valence-corrected chi connectivity index (χ1v) is 10.4. The van der Waals surface area contributed by atoms with Gasteiger partial charge in [0.1, 0.15) is 18.2 Å². The van der Waals surface area contributed by atoms with Crippen LogP contribution in [0, 0.1) is 0 Å². The Bertz CT molecular complexity index is 955. The summed E-state index contributed by atoms with van der Waals surface area (Å²) in [4.78, 5) is 36.2. The van der Waals surface area contributed by atoms with Gasteiger partial charge in [0.05, 0.1) is 7.11 Å². The zero-order valence-electron chi connectivity index (χ0n) is 19.5. The first-order chi connectivity index (χ1) is 15.6. The van der Waals surface area contributed by atoms with Gasteiger partial charge in [0.15, 0.2) is 11.5 Å². The van der Waals surface area contributed by atoms with Crippen LogP contribution in [0.4, 0.5) is 9.59 Å². The van der Waals surface area contributed by atoms with Crippen molar-refractivity contribution in [3.63, 3.8) is 0 Å². The summed E-state index contributed by atoms with van der Waals surface area (Å²) < 4.78 is 21.2. The molecule has 0 aromatic heterocycles. The van der Waals surface area contributed by atoms with Crippen molar-refractivity contribution in [1.82, 2.24) is 10.6 Å². The molecule has 0 bridgehead atoms. The summed E-state index contributed by atoms with van der Waals surface area (Å²) in [6.45, 7) is 5.41. The third kappa shape index (κ3) is 8.72. The molecule has 9 heteroatoms. The summed E-state index contributed by atoms with van der Waals surface area (Å²) in [7, 11) is 2.69. The van der Waals surface area contributed by atoms with Gasteiger partial charge in [-0.15, -0.1) is 0 Å². The standard InChI is InChI=1S/C24H30N2O7/c1-24(2,3)33-23(29)26-18(21(27)30-5)13-17-11-12-19(32-22(28)25-4)20(14-17)31-15-16-9-7-6-8-10-16/h6-12,14,18H,13,15H2,1-5H3,(H,25,28)(H,26,29). The number of nitrogens with one attached hydrogen (secondary N) is 2. The van der Waals surface area contributed by atoms with Crippen LogP contribution >= 0.6 is 0 Å². The molecule has 33 heavy (non-hydrogen) atoms. The number of esters is 1. The summed E-state index contributed by atoms with van der Waals surface area (Å²) in [5, 5.41) is 4.92. The number of carbonyl (C=O) groups excluding carboxylic acids is 3. The predicted molar refractivity (Wildman–Crippen MR) is 121 cm³/mol. The smallest absolute Gasteiger partial charge is 0.412 e. The Labute approximate surface area is 193 Å². The number of alkyl carbamates (subject to hydrolysis) is 1. The van der Waals surface area contributed by atoms with Gasteiger partial charge in [-0.25, -0.2) is 14.4 Å². The molecule has 1 atom stereocenters. The molecule has 0 aliphatic heterocycles. The summed E-state index contributed by atoms with van der Waals surface area (Å²) >= 11 is 0. The van der Waals surface area contributed by atoms with E-state index in [0.29, 0.717) is 11.3 Å². The van der Waals surface area contributed by atoms with Crippen LogP contribution in [0.5, 0.6) is 11.5 Å². The van der Waals surface area contributed by atoms with E-state index in [1.54, 1.807) is 39.0 Å². The van der Waals surface area contributed by atoms with Crippen molar-refractivity contribution in [2.24, 2.45) is 0 Å². The Morgan fingerprint density at radius 1 is 0.939 bits per heavy atom. The monoisotopic (exact) mass is 458 g/mol. The number of carbonyl (C=O) groups is 3. The largest absolute Gasteiger partial charge is 0.485 e. The molecular weight excluding hydrogens is 428 g/mol. The van der Waals surface area contributed by atoms with Crippen LogP contribution in [-0.2, 0) is 27.3 Å². The van der Waals surface area contributed by atoms with E-state index in [-0.39, 0.29) is 18.8 Å². The number of hydrogen-bond acceptors (Lipinski definition) is 7. The zero-order valence-corrected chi connectivity index (χ0v) is 19.5. The quantitative estimate of drug-likeness (QED) is 0.581. The van der Waals surface area contributed by atoms with E-state index in [4.69, 9.17) is 18.9 Å². The van der Waals surface area contributed by atoms with Gasteiger partial charge in [-0.05, 0) is 44.0 Å². The van der Waals surface area contributed by atoms with Crippen LogP contribution in [-0.4, -0.2) is 44.0 Å². The molecule has 0 saturated heterocycles.